The van der Waals surface area contributed by atoms with Gasteiger partial charge in [0.25, 0.3) is 0 Å². The van der Waals surface area contributed by atoms with Gasteiger partial charge >= 0.3 is 5.97 Å². The molecule has 0 atom stereocenters. The zero-order chi connectivity index (χ0) is 27.0. The zero-order valence-electron chi connectivity index (χ0n) is 18.8. The minimum absolute atomic E-state index is 0.0940. The molecule has 0 spiro atoms. The highest BCUT2D eigenvalue weighted by Gasteiger charge is 2.31. The number of ether oxygens (including phenoxy) is 1. The van der Waals surface area contributed by atoms with Crippen LogP contribution in [0.1, 0.15) is 44.3 Å². The lowest BCUT2D eigenvalue weighted by molar-refractivity contribution is -0.137. The number of aliphatic hydroxyl groups excluding tert-OH is 1. The van der Waals surface area contributed by atoms with Crippen molar-refractivity contribution in [3.63, 3.8) is 0 Å². The summed E-state index contributed by atoms with van der Waals surface area (Å²) >= 11 is 0. The molecule has 0 aliphatic heterocycles. The third kappa shape index (κ3) is 4.35. The zero-order valence-corrected chi connectivity index (χ0v) is 18.8. The molecule has 0 radical (unpaired) electrons. The first-order chi connectivity index (χ1) is 17.6. The van der Waals surface area contributed by atoms with Crippen molar-refractivity contribution >= 4 is 35.2 Å². The van der Waals surface area contributed by atoms with Crippen molar-refractivity contribution in [3.05, 3.63) is 99.1 Å². The van der Waals surface area contributed by atoms with E-state index in [4.69, 9.17) is 4.74 Å². The minimum Gasteiger partial charge on any atom is -0.506 e. The van der Waals surface area contributed by atoms with E-state index in [2.05, 4.69) is 4.99 Å². The number of carbonyl (C=O) groups is 3. The first-order valence-corrected chi connectivity index (χ1v) is 10.6. The number of aliphatic imine (C=N–C) groups is 1. The number of rotatable bonds is 5. The van der Waals surface area contributed by atoms with Gasteiger partial charge in [-0.05, 0) is 25.1 Å². The van der Waals surface area contributed by atoms with Crippen molar-refractivity contribution in [2.75, 3.05) is 6.61 Å². The van der Waals surface area contributed by atoms with E-state index in [1.807, 2.05) is 0 Å². The molecule has 0 aromatic heterocycles. The van der Waals surface area contributed by atoms with Crippen LogP contribution in [0.3, 0.4) is 0 Å². The van der Waals surface area contributed by atoms with Gasteiger partial charge in [-0.2, -0.15) is 0 Å². The van der Waals surface area contributed by atoms with Crippen LogP contribution in [-0.2, 0) is 9.53 Å². The summed E-state index contributed by atoms with van der Waals surface area (Å²) in [6.07, 6.45) is 0.594. The van der Waals surface area contributed by atoms with Gasteiger partial charge in [0, 0.05) is 28.5 Å². The average Bonchev–Trinajstić information content (AvgIpc) is 2.88. The standard InChI is InChI=1S/C26H15F4NO6/c1-2-37-26(36)16(25(35)15-7-17(27)21(29)22(30)20(15)28)10-31-18-8-13-14(9-19(18)32)24(34)12-6-4-3-5-11(12)23(13)33/h3-10,32,35H,2H2,1H3. The summed E-state index contributed by atoms with van der Waals surface area (Å²) in [5.41, 5.74) is -2.37. The number of halogens is 4. The van der Waals surface area contributed by atoms with Crippen LogP contribution in [0, 0.1) is 23.3 Å². The summed E-state index contributed by atoms with van der Waals surface area (Å²) in [5, 5.41) is 20.9. The molecule has 0 saturated heterocycles. The molecule has 1 aliphatic carbocycles. The monoisotopic (exact) mass is 513 g/mol. The van der Waals surface area contributed by atoms with Gasteiger partial charge in [-0.15, -0.1) is 0 Å². The third-order valence-electron chi connectivity index (χ3n) is 5.46. The Morgan fingerprint density at radius 2 is 1.51 bits per heavy atom. The molecular weight excluding hydrogens is 498 g/mol. The molecule has 37 heavy (non-hydrogen) atoms. The van der Waals surface area contributed by atoms with Crippen LogP contribution in [0.5, 0.6) is 5.75 Å². The van der Waals surface area contributed by atoms with E-state index < -0.39 is 63.4 Å². The van der Waals surface area contributed by atoms with Gasteiger partial charge in [0.05, 0.1) is 12.2 Å². The highest BCUT2D eigenvalue weighted by molar-refractivity contribution is 6.28. The number of aliphatic hydroxyl groups is 1. The minimum atomic E-state index is -2.22. The molecule has 1 aliphatic rings. The molecule has 4 rings (SSSR count). The van der Waals surface area contributed by atoms with E-state index in [0.717, 1.165) is 12.1 Å². The van der Waals surface area contributed by atoms with Crippen LogP contribution in [0.25, 0.3) is 5.76 Å². The Labute approximate surface area is 206 Å². The average molecular weight is 513 g/mol. The van der Waals surface area contributed by atoms with Crippen molar-refractivity contribution < 1.29 is 46.9 Å². The summed E-state index contributed by atoms with van der Waals surface area (Å²) in [7, 11) is 0. The second kappa shape index (κ2) is 9.69. The number of carbonyl (C=O) groups excluding carboxylic acids is 3. The Bertz CT molecular complexity index is 1560. The lowest BCUT2D eigenvalue weighted by Gasteiger charge is -2.18. The van der Waals surface area contributed by atoms with E-state index >= 15 is 0 Å². The number of aromatic hydroxyl groups is 1. The topological polar surface area (TPSA) is 113 Å². The number of ketones is 2. The Hall–Kier alpha value is -4.80. The fourth-order valence-electron chi connectivity index (χ4n) is 3.67. The Balaban J connectivity index is 1.83. The lowest BCUT2D eigenvalue weighted by Crippen LogP contribution is -2.20. The van der Waals surface area contributed by atoms with Crippen LogP contribution in [0.2, 0.25) is 0 Å². The highest BCUT2D eigenvalue weighted by Crippen LogP contribution is 2.36. The molecule has 0 heterocycles. The quantitative estimate of drug-likeness (QED) is 0.0742. The summed E-state index contributed by atoms with van der Waals surface area (Å²) in [4.78, 5) is 41.9. The van der Waals surface area contributed by atoms with Gasteiger partial charge < -0.3 is 14.9 Å². The van der Waals surface area contributed by atoms with E-state index in [1.54, 1.807) is 12.1 Å². The lowest BCUT2D eigenvalue weighted by atomic mass is 9.84. The SMILES string of the molecule is CCOC(=O)C(C=Nc1cc2c(cc1O)C(=O)c1ccccc1C2=O)=C(O)c1cc(F)c(F)c(F)c1F. The number of nitrogens with zero attached hydrogens (tertiary/aromatic N) is 1. The van der Waals surface area contributed by atoms with Gasteiger partial charge in [0.1, 0.15) is 22.8 Å². The van der Waals surface area contributed by atoms with E-state index in [9.17, 15) is 42.2 Å². The number of phenols is 1. The van der Waals surface area contributed by atoms with Crippen molar-refractivity contribution in [2.45, 2.75) is 6.92 Å². The molecule has 0 unspecified atom stereocenters. The molecule has 0 bridgehead atoms. The van der Waals surface area contributed by atoms with E-state index in [0.29, 0.717) is 6.21 Å². The number of hydrogen-bond donors (Lipinski definition) is 2. The van der Waals surface area contributed by atoms with Gasteiger partial charge in [0.15, 0.2) is 34.8 Å². The first kappa shape index (κ1) is 25.3. The van der Waals surface area contributed by atoms with Crippen LogP contribution in [0.4, 0.5) is 23.2 Å². The molecule has 188 valence electrons. The smallest absolute Gasteiger partial charge is 0.343 e. The third-order valence-corrected chi connectivity index (χ3v) is 5.46. The predicted molar refractivity (Wildman–Crippen MR) is 122 cm³/mol. The van der Waals surface area contributed by atoms with Crippen LogP contribution >= 0.6 is 0 Å². The molecule has 11 heteroatoms. The molecule has 3 aromatic carbocycles. The number of benzene rings is 3. The molecule has 0 amide bonds. The molecule has 7 nitrogen and oxygen atoms in total. The number of phenolic OH excluding ortho intramolecular Hbond substituents is 1. The van der Waals surface area contributed by atoms with Crippen LogP contribution < -0.4 is 0 Å². The van der Waals surface area contributed by atoms with Gasteiger partial charge in [0.2, 0.25) is 0 Å². The Morgan fingerprint density at radius 1 is 0.919 bits per heavy atom. The van der Waals surface area contributed by atoms with Gasteiger partial charge in [-0.3, -0.25) is 14.6 Å². The fraction of sp³-hybridized carbons (Fsp3) is 0.0769. The van der Waals surface area contributed by atoms with Gasteiger partial charge in [-0.1, -0.05) is 24.3 Å². The summed E-state index contributed by atoms with van der Waals surface area (Å²) in [6.45, 7) is 1.18. The van der Waals surface area contributed by atoms with Gasteiger partial charge in [-0.25, -0.2) is 22.4 Å². The molecule has 3 aromatic rings. The van der Waals surface area contributed by atoms with E-state index in [1.165, 1.54) is 19.1 Å². The Morgan fingerprint density at radius 3 is 2.11 bits per heavy atom. The van der Waals surface area contributed by atoms with Crippen LogP contribution in [-0.4, -0.2) is 40.6 Å². The van der Waals surface area contributed by atoms with Crippen LogP contribution in [0.15, 0.2) is 53.0 Å². The largest absolute Gasteiger partial charge is 0.506 e. The Kier molecular flexibility index (Phi) is 6.62. The summed E-state index contributed by atoms with van der Waals surface area (Å²) in [5.74, 6) is -12.5. The molecule has 2 N–H and O–H groups in total. The highest BCUT2D eigenvalue weighted by atomic mass is 19.2. The van der Waals surface area contributed by atoms with E-state index in [-0.39, 0.29) is 40.6 Å². The normalized spacial score (nSPS) is 13.3. The molecular formula is C26H15F4NO6. The molecule has 0 saturated carbocycles. The summed E-state index contributed by atoms with van der Waals surface area (Å²) in [6, 6.07) is 8.24. The number of hydrogen-bond acceptors (Lipinski definition) is 7. The number of esters is 1. The first-order valence-electron chi connectivity index (χ1n) is 10.6. The second-order valence-corrected chi connectivity index (χ2v) is 7.68. The van der Waals surface area contributed by atoms with Crippen molar-refractivity contribution in [1.29, 1.82) is 0 Å². The maximum absolute atomic E-state index is 14.2. The fourth-order valence-corrected chi connectivity index (χ4v) is 3.67. The number of fused-ring (bicyclic) bond motifs is 2. The van der Waals surface area contributed by atoms with Crippen molar-refractivity contribution in [3.8, 4) is 5.75 Å². The maximum Gasteiger partial charge on any atom is 0.343 e. The van der Waals surface area contributed by atoms with Crippen molar-refractivity contribution in [1.82, 2.24) is 0 Å². The predicted octanol–water partition coefficient (Wildman–Crippen LogP) is 4.96. The second-order valence-electron chi connectivity index (χ2n) is 7.68. The summed E-state index contributed by atoms with van der Waals surface area (Å²) < 4.78 is 59.7. The van der Waals surface area contributed by atoms with Crippen molar-refractivity contribution in [2.24, 2.45) is 4.99 Å². The maximum atomic E-state index is 14.2. The molecule has 0 fully saturated rings.